The average Bonchev–Trinajstić information content (AvgIpc) is 3.14. The minimum Gasteiger partial charge on any atom is -0.507 e. The molecule has 2 heterocycles. The number of aromatic hydroxyl groups is 1. The van der Waals surface area contributed by atoms with Crippen molar-refractivity contribution in [2.24, 2.45) is 5.10 Å². The molecule has 0 bridgehead atoms. The smallest absolute Gasteiger partial charge is 0.217 e. The van der Waals surface area contributed by atoms with Crippen molar-refractivity contribution in [1.29, 1.82) is 0 Å². The lowest BCUT2D eigenvalue weighted by atomic mass is 9.96. The van der Waals surface area contributed by atoms with E-state index in [9.17, 15) is 5.11 Å². The van der Waals surface area contributed by atoms with Crippen molar-refractivity contribution >= 4 is 33.2 Å². The predicted molar refractivity (Wildman–Crippen MR) is 113 cm³/mol. The second-order valence-corrected chi connectivity index (χ2v) is 8.22. The Morgan fingerprint density at radius 2 is 1.82 bits per heavy atom. The molecule has 0 saturated carbocycles. The van der Waals surface area contributed by atoms with Crippen molar-refractivity contribution in [2.45, 2.75) is 18.7 Å². The number of benzene rings is 3. The third kappa shape index (κ3) is 2.95. The molecule has 0 saturated heterocycles. The van der Waals surface area contributed by atoms with E-state index in [4.69, 9.17) is 21.4 Å². The monoisotopic (exact) mass is 454 g/mol. The molecule has 4 nitrogen and oxygen atoms in total. The summed E-state index contributed by atoms with van der Waals surface area (Å²) in [5, 5.41) is 17.9. The second kappa shape index (κ2) is 6.83. The lowest BCUT2D eigenvalue weighted by Crippen LogP contribution is -2.33. The van der Waals surface area contributed by atoms with E-state index >= 15 is 0 Å². The summed E-state index contributed by atoms with van der Waals surface area (Å²) in [6.45, 7) is 0. The average molecular weight is 456 g/mol. The molecule has 6 heteroatoms. The van der Waals surface area contributed by atoms with Gasteiger partial charge in [-0.15, -0.1) is 0 Å². The number of ether oxygens (including phenoxy) is 1. The van der Waals surface area contributed by atoms with Crippen LogP contribution in [-0.4, -0.2) is 15.8 Å². The number of fused-ring (bicyclic) bond motifs is 3. The quantitative estimate of drug-likeness (QED) is 0.511. The number of rotatable bonds is 2. The topological polar surface area (TPSA) is 45.1 Å². The van der Waals surface area contributed by atoms with Gasteiger partial charge in [0.05, 0.1) is 17.3 Å². The Morgan fingerprint density at radius 3 is 2.61 bits per heavy atom. The molecule has 0 amide bonds. The summed E-state index contributed by atoms with van der Waals surface area (Å²) < 4.78 is 7.29. The summed E-state index contributed by atoms with van der Waals surface area (Å²) in [5.74, 6) is 0.960. The molecule has 0 aromatic heterocycles. The lowest BCUT2D eigenvalue weighted by molar-refractivity contribution is -0.0203. The number of phenols is 1. The molecule has 2 aliphatic heterocycles. The number of hydrogen-bond acceptors (Lipinski definition) is 4. The van der Waals surface area contributed by atoms with Crippen LogP contribution in [-0.2, 0) is 0 Å². The molecule has 140 valence electrons. The second-order valence-electron chi connectivity index (χ2n) is 6.86. The van der Waals surface area contributed by atoms with Crippen molar-refractivity contribution in [3.8, 4) is 11.5 Å². The number of para-hydroxylation sites is 1. The largest absolute Gasteiger partial charge is 0.507 e. The van der Waals surface area contributed by atoms with Crippen molar-refractivity contribution in [3.63, 3.8) is 0 Å². The highest BCUT2D eigenvalue weighted by Gasteiger charge is 2.41. The van der Waals surface area contributed by atoms with E-state index in [-0.39, 0.29) is 11.8 Å². The summed E-state index contributed by atoms with van der Waals surface area (Å²) in [4.78, 5) is 0. The Morgan fingerprint density at radius 1 is 1.04 bits per heavy atom. The maximum Gasteiger partial charge on any atom is 0.217 e. The van der Waals surface area contributed by atoms with Gasteiger partial charge in [-0.25, -0.2) is 5.01 Å². The highest BCUT2D eigenvalue weighted by Crippen LogP contribution is 2.49. The number of hydrazone groups is 1. The first-order valence-corrected chi connectivity index (χ1v) is 10.1. The van der Waals surface area contributed by atoms with Gasteiger partial charge in [-0.2, -0.15) is 5.10 Å². The first kappa shape index (κ1) is 17.6. The van der Waals surface area contributed by atoms with Crippen molar-refractivity contribution in [2.75, 3.05) is 0 Å². The molecular weight excluding hydrogens is 440 g/mol. The van der Waals surface area contributed by atoms with Crippen LogP contribution in [0, 0.1) is 0 Å². The Balaban J connectivity index is 1.62. The molecule has 2 atom stereocenters. The van der Waals surface area contributed by atoms with Gasteiger partial charge in [0.25, 0.3) is 0 Å². The minimum atomic E-state index is -0.507. The normalized spacial score (nSPS) is 20.2. The maximum atomic E-state index is 10.4. The first-order valence-electron chi connectivity index (χ1n) is 8.96. The SMILES string of the molecule is Oc1ccccc1[C@H]1Oc2ccc(Cl)cc2[C@H]2CC(c3ccc(Br)cc3)=NN21. The standard InChI is InChI=1S/C22H16BrClN2O2/c23-14-7-5-13(6-8-14)18-12-19-17-11-15(24)9-10-21(17)28-22(26(19)25-18)16-3-1-2-4-20(16)27/h1-11,19,22,27H,12H2/t19-,22-/m1/s1. The molecule has 3 aromatic rings. The Labute approximate surface area is 176 Å². The molecule has 0 spiro atoms. The molecule has 0 fully saturated rings. The number of halogens is 2. The first-order chi connectivity index (χ1) is 13.6. The summed E-state index contributed by atoms with van der Waals surface area (Å²) in [7, 11) is 0. The van der Waals surface area contributed by atoms with E-state index in [1.54, 1.807) is 12.1 Å². The summed E-state index contributed by atoms with van der Waals surface area (Å²) in [6.07, 6.45) is 0.232. The molecule has 2 aliphatic rings. The van der Waals surface area contributed by atoms with Gasteiger partial charge in [-0.3, -0.25) is 0 Å². The maximum absolute atomic E-state index is 10.4. The molecule has 1 N–H and O–H groups in total. The highest BCUT2D eigenvalue weighted by molar-refractivity contribution is 9.10. The molecule has 3 aromatic carbocycles. The van der Waals surface area contributed by atoms with E-state index < -0.39 is 6.23 Å². The van der Waals surface area contributed by atoms with Crippen LogP contribution in [0.4, 0.5) is 0 Å². The van der Waals surface area contributed by atoms with E-state index in [1.807, 2.05) is 47.5 Å². The van der Waals surface area contributed by atoms with Crippen LogP contribution in [0.25, 0.3) is 0 Å². The van der Waals surface area contributed by atoms with E-state index in [2.05, 4.69) is 28.1 Å². The summed E-state index contributed by atoms with van der Waals surface area (Å²) in [6, 6.07) is 21.0. The van der Waals surface area contributed by atoms with Gasteiger partial charge in [-0.1, -0.05) is 51.8 Å². The summed E-state index contributed by atoms with van der Waals surface area (Å²) in [5.41, 5.74) is 3.75. The molecular formula is C22H16BrClN2O2. The molecule has 0 unspecified atom stereocenters. The molecule has 0 aliphatic carbocycles. The highest BCUT2D eigenvalue weighted by atomic mass is 79.9. The lowest BCUT2D eigenvalue weighted by Gasteiger charge is -2.38. The van der Waals surface area contributed by atoms with Gasteiger partial charge in [-0.05, 0) is 48.0 Å². The van der Waals surface area contributed by atoms with Crippen LogP contribution < -0.4 is 4.74 Å². The van der Waals surface area contributed by atoms with Gasteiger partial charge in [0, 0.05) is 21.5 Å². The number of phenolic OH excluding ortho intramolecular Hbond substituents is 1. The van der Waals surface area contributed by atoms with Crippen LogP contribution in [0.5, 0.6) is 11.5 Å². The van der Waals surface area contributed by atoms with E-state index in [0.717, 1.165) is 33.5 Å². The van der Waals surface area contributed by atoms with Crippen LogP contribution >= 0.6 is 27.5 Å². The summed E-state index contributed by atoms with van der Waals surface area (Å²) >= 11 is 9.74. The van der Waals surface area contributed by atoms with Crippen LogP contribution in [0.3, 0.4) is 0 Å². The minimum absolute atomic E-state index is 0.00861. The zero-order chi connectivity index (χ0) is 19.3. The Bertz CT molecular complexity index is 1080. The van der Waals surface area contributed by atoms with E-state index in [1.165, 1.54) is 0 Å². The fourth-order valence-electron chi connectivity index (χ4n) is 3.78. The Hall–Kier alpha value is -2.50. The Kier molecular flexibility index (Phi) is 4.29. The molecule has 0 radical (unpaired) electrons. The fourth-order valence-corrected chi connectivity index (χ4v) is 4.22. The van der Waals surface area contributed by atoms with Crippen molar-refractivity contribution < 1.29 is 9.84 Å². The van der Waals surface area contributed by atoms with Gasteiger partial charge < -0.3 is 9.84 Å². The van der Waals surface area contributed by atoms with Gasteiger partial charge in [0.15, 0.2) is 0 Å². The van der Waals surface area contributed by atoms with Gasteiger partial charge in [0.2, 0.25) is 6.23 Å². The van der Waals surface area contributed by atoms with Crippen molar-refractivity contribution in [3.05, 3.63) is 92.9 Å². The van der Waals surface area contributed by atoms with Crippen LogP contribution in [0.2, 0.25) is 5.02 Å². The molecule has 5 rings (SSSR count). The number of nitrogens with zero attached hydrogens (tertiary/aromatic N) is 2. The van der Waals surface area contributed by atoms with Crippen LogP contribution in [0.1, 0.15) is 35.4 Å². The number of hydrogen-bond donors (Lipinski definition) is 1. The fraction of sp³-hybridized carbons (Fsp3) is 0.136. The van der Waals surface area contributed by atoms with Crippen molar-refractivity contribution in [1.82, 2.24) is 5.01 Å². The predicted octanol–water partition coefficient (Wildman–Crippen LogP) is 6.05. The third-order valence-corrected chi connectivity index (χ3v) is 5.90. The zero-order valence-electron chi connectivity index (χ0n) is 14.7. The van der Waals surface area contributed by atoms with Crippen LogP contribution in [0.15, 0.2) is 76.3 Å². The van der Waals surface area contributed by atoms with Gasteiger partial charge in [0.1, 0.15) is 11.5 Å². The van der Waals surface area contributed by atoms with E-state index in [0.29, 0.717) is 10.6 Å². The third-order valence-electron chi connectivity index (χ3n) is 5.13. The molecule has 28 heavy (non-hydrogen) atoms. The zero-order valence-corrected chi connectivity index (χ0v) is 17.1. The van der Waals surface area contributed by atoms with Gasteiger partial charge >= 0.3 is 0 Å².